The number of nitrogens with two attached hydrogens (primary N) is 1. The van der Waals surface area contributed by atoms with Crippen LogP contribution in [0.2, 0.25) is 0 Å². The van der Waals surface area contributed by atoms with E-state index in [1.54, 1.807) is 0 Å². The predicted octanol–water partition coefficient (Wildman–Crippen LogP) is 2.70. The number of allylic oxidation sites excluding steroid dienone is 3. The van der Waals surface area contributed by atoms with E-state index in [1.165, 1.54) is 0 Å². The SMILES string of the molecule is CC#C/C=C(\C=C(/C)CN)c1cc2cccc3c2n1CCNC3=O. The fourth-order valence-electron chi connectivity index (χ4n) is 3.02. The highest BCUT2D eigenvalue weighted by atomic mass is 16.1. The van der Waals surface area contributed by atoms with Gasteiger partial charge in [0.05, 0.1) is 11.1 Å². The Morgan fingerprint density at radius 1 is 1.46 bits per heavy atom. The van der Waals surface area contributed by atoms with Crippen LogP contribution in [0.5, 0.6) is 0 Å². The Kier molecular flexibility index (Phi) is 4.54. The molecule has 3 rings (SSSR count). The van der Waals surface area contributed by atoms with Gasteiger partial charge in [-0.1, -0.05) is 29.7 Å². The van der Waals surface area contributed by atoms with Crippen molar-refractivity contribution in [1.29, 1.82) is 0 Å². The van der Waals surface area contributed by atoms with Crippen LogP contribution in [-0.4, -0.2) is 23.6 Å². The van der Waals surface area contributed by atoms with Gasteiger partial charge < -0.3 is 15.6 Å². The highest BCUT2D eigenvalue weighted by Gasteiger charge is 2.20. The lowest BCUT2D eigenvalue weighted by atomic mass is 10.1. The molecule has 24 heavy (non-hydrogen) atoms. The summed E-state index contributed by atoms with van der Waals surface area (Å²) in [4.78, 5) is 12.3. The molecule has 0 saturated carbocycles. The van der Waals surface area contributed by atoms with Gasteiger partial charge in [-0.2, -0.15) is 0 Å². The third kappa shape index (κ3) is 2.86. The lowest BCUT2D eigenvalue weighted by molar-refractivity contribution is 0.0956. The summed E-state index contributed by atoms with van der Waals surface area (Å²) in [5.74, 6) is 5.93. The molecule has 2 aromatic rings. The van der Waals surface area contributed by atoms with Crippen LogP contribution in [0, 0.1) is 11.8 Å². The molecule has 0 bridgehead atoms. The average Bonchev–Trinajstić information content (AvgIpc) is 2.87. The summed E-state index contributed by atoms with van der Waals surface area (Å²) in [6.45, 7) is 5.67. The maximum Gasteiger partial charge on any atom is 0.253 e. The molecule has 0 saturated heterocycles. The van der Waals surface area contributed by atoms with Gasteiger partial charge in [0.25, 0.3) is 5.91 Å². The third-order valence-corrected chi connectivity index (χ3v) is 4.18. The number of hydrogen-bond acceptors (Lipinski definition) is 2. The van der Waals surface area contributed by atoms with Crippen LogP contribution in [0.4, 0.5) is 0 Å². The Balaban J connectivity index is 2.28. The summed E-state index contributed by atoms with van der Waals surface area (Å²) >= 11 is 0. The summed E-state index contributed by atoms with van der Waals surface area (Å²) in [7, 11) is 0. The second-order valence-corrected chi connectivity index (χ2v) is 5.87. The van der Waals surface area contributed by atoms with E-state index in [1.807, 2.05) is 38.1 Å². The lowest BCUT2D eigenvalue weighted by Crippen LogP contribution is -2.24. The molecule has 2 heterocycles. The number of nitrogens with zero attached hydrogens (tertiary/aromatic N) is 1. The highest BCUT2D eigenvalue weighted by molar-refractivity contribution is 6.07. The monoisotopic (exact) mass is 319 g/mol. The van der Waals surface area contributed by atoms with Crippen LogP contribution in [0.25, 0.3) is 16.5 Å². The largest absolute Gasteiger partial charge is 0.350 e. The number of rotatable bonds is 3. The van der Waals surface area contributed by atoms with E-state index in [0.717, 1.165) is 39.9 Å². The second kappa shape index (κ2) is 6.77. The van der Waals surface area contributed by atoms with Gasteiger partial charge in [-0.05, 0) is 32.1 Å². The van der Waals surface area contributed by atoms with Crippen LogP contribution >= 0.6 is 0 Å². The Hall–Kier alpha value is -2.77. The van der Waals surface area contributed by atoms with Gasteiger partial charge in [0.15, 0.2) is 0 Å². The first-order valence-corrected chi connectivity index (χ1v) is 8.06. The standard InChI is InChI=1S/C20H21N3O/c1-3-4-6-15(11-14(2)13-21)18-12-16-7-5-8-17-19(16)23(18)10-9-22-20(17)24/h5-8,11-12H,9-10,13,21H2,1-2H3,(H,22,24)/b14-11+,15-6+. The Morgan fingerprint density at radius 3 is 3.04 bits per heavy atom. The van der Waals surface area contributed by atoms with Crippen molar-refractivity contribution < 1.29 is 4.79 Å². The van der Waals surface area contributed by atoms with Gasteiger partial charge in [-0.3, -0.25) is 4.79 Å². The second-order valence-electron chi connectivity index (χ2n) is 5.87. The van der Waals surface area contributed by atoms with Gasteiger partial charge in [-0.15, -0.1) is 5.92 Å². The van der Waals surface area contributed by atoms with Gasteiger partial charge in [0.1, 0.15) is 0 Å². The van der Waals surface area contributed by atoms with Gasteiger partial charge in [-0.25, -0.2) is 0 Å². The molecule has 1 aromatic heterocycles. The first-order chi connectivity index (χ1) is 11.7. The number of benzene rings is 1. The number of nitrogens with one attached hydrogen (secondary N) is 1. The lowest BCUT2D eigenvalue weighted by Gasteiger charge is -2.10. The van der Waals surface area contributed by atoms with E-state index in [2.05, 4.69) is 33.9 Å². The number of amides is 1. The third-order valence-electron chi connectivity index (χ3n) is 4.18. The van der Waals surface area contributed by atoms with E-state index >= 15 is 0 Å². The maximum absolute atomic E-state index is 12.3. The molecule has 4 heteroatoms. The Labute approximate surface area is 142 Å². The van der Waals surface area contributed by atoms with E-state index in [4.69, 9.17) is 5.73 Å². The Morgan fingerprint density at radius 2 is 2.29 bits per heavy atom. The molecule has 1 aliphatic heterocycles. The number of para-hydroxylation sites is 1. The average molecular weight is 319 g/mol. The quantitative estimate of drug-likeness (QED) is 0.675. The van der Waals surface area contributed by atoms with Crippen molar-refractivity contribution in [3.8, 4) is 11.8 Å². The molecule has 0 atom stereocenters. The predicted molar refractivity (Wildman–Crippen MR) is 98.5 cm³/mol. The zero-order valence-corrected chi connectivity index (χ0v) is 14.0. The molecule has 3 N–H and O–H groups in total. The fraction of sp³-hybridized carbons (Fsp3) is 0.250. The first-order valence-electron chi connectivity index (χ1n) is 8.06. The normalized spacial score (nSPS) is 14.9. The van der Waals surface area contributed by atoms with E-state index in [-0.39, 0.29) is 5.91 Å². The summed E-state index contributed by atoms with van der Waals surface area (Å²) in [6, 6.07) is 7.97. The molecule has 0 unspecified atom stereocenters. The summed E-state index contributed by atoms with van der Waals surface area (Å²) in [5, 5.41) is 4.02. The van der Waals surface area contributed by atoms with Crippen LogP contribution in [0.1, 0.15) is 29.9 Å². The van der Waals surface area contributed by atoms with E-state index in [0.29, 0.717) is 13.1 Å². The number of carbonyl (C=O) groups excluding carboxylic acids is 1. The van der Waals surface area contributed by atoms with Crippen molar-refractivity contribution in [1.82, 2.24) is 9.88 Å². The van der Waals surface area contributed by atoms with E-state index in [9.17, 15) is 4.79 Å². The van der Waals surface area contributed by atoms with Gasteiger partial charge >= 0.3 is 0 Å². The minimum atomic E-state index is -0.0171. The van der Waals surface area contributed by atoms with Crippen molar-refractivity contribution in [2.45, 2.75) is 20.4 Å². The zero-order valence-electron chi connectivity index (χ0n) is 14.0. The maximum atomic E-state index is 12.3. The summed E-state index contributed by atoms with van der Waals surface area (Å²) < 4.78 is 2.20. The summed E-state index contributed by atoms with van der Waals surface area (Å²) in [6.07, 6.45) is 3.98. The minimum Gasteiger partial charge on any atom is -0.350 e. The minimum absolute atomic E-state index is 0.0171. The van der Waals surface area contributed by atoms with Crippen LogP contribution < -0.4 is 11.1 Å². The first kappa shape index (κ1) is 16.1. The molecule has 1 amide bonds. The summed E-state index contributed by atoms with van der Waals surface area (Å²) in [5.41, 5.74) is 10.6. The van der Waals surface area contributed by atoms with Crippen molar-refractivity contribution in [2.24, 2.45) is 5.73 Å². The highest BCUT2D eigenvalue weighted by Crippen LogP contribution is 2.30. The molecule has 0 aliphatic carbocycles. The molecule has 0 fully saturated rings. The van der Waals surface area contributed by atoms with Crippen molar-refractivity contribution in [2.75, 3.05) is 13.1 Å². The van der Waals surface area contributed by atoms with Crippen LogP contribution in [0.3, 0.4) is 0 Å². The zero-order chi connectivity index (χ0) is 17.1. The molecule has 4 nitrogen and oxygen atoms in total. The molecular weight excluding hydrogens is 298 g/mol. The number of carbonyl (C=O) groups is 1. The van der Waals surface area contributed by atoms with Crippen LogP contribution in [0.15, 0.2) is 42.0 Å². The Bertz CT molecular complexity index is 919. The molecular formula is C20H21N3O. The van der Waals surface area contributed by atoms with Gasteiger partial charge in [0, 0.05) is 36.3 Å². The van der Waals surface area contributed by atoms with Crippen molar-refractivity contribution in [3.05, 3.63) is 53.2 Å². The molecule has 122 valence electrons. The van der Waals surface area contributed by atoms with E-state index < -0.39 is 0 Å². The molecule has 1 aliphatic rings. The van der Waals surface area contributed by atoms with Crippen molar-refractivity contribution >= 4 is 22.4 Å². The topological polar surface area (TPSA) is 60.0 Å². The number of aromatic nitrogens is 1. The van der Waals surface area contributed by atoms with Crippen molar-refractivity contribution in [3.63, 3.8) is 0 Å². The molecule has 0 radical (unpaired) electrons. The molecule has 1 aromatic carbocycles. The molecule has 0 spiro atoms. The smallest absolute Gasteiger partial charge is 0.253 e. The van der Waals surface area contributed by atoms with Gasteiger partial charge in [0.2, 0.25) is 0 Å². The number of hydrogen-bond donors (Lipinski definition) is 2. The fourth-order valence-corrected chi connectivity index (χ4v) is 3.02. The van der Waals surface area contributed by atoms with Crippen LogP contribution in [-0.2, 0) is 6.54 Å².